The highest BCUT2D eigenvalue weighted by atomic mass is 79.9. The SMILES string of the molecule is Cc1ccc(NC(=O)Nc2nc(C)c(C(=O)Nc3ccc(Br)cc3)s2)cc1. The van der Waals surface area contributed by atoms with Crippen LogP contribution in [-0.4, -0.2) is 16.9 Å². The largest absolute Gasteiger partial charge is 0.325 e. The van der Waals surface area contributed by atoms with E-state index in [1.54, 1.807) is 19.1 Å². The lowest BCUT2D eigenvalue weighted by molar-refractivity contribution is 0.103. The molecule has 3 aromatic rings. The number of anilines is 3. The highest BCUT2D eigenvalue weighted by Gasteiger charge is 2.17. The summed E-state index contributed by atoms with van der Waals surface area (Å²) in [7, 11) is 0. The monoisotopic (exact) mass is 444 g/mol. The Morgan fingerprint density at radius 2 is 1.48 bits per heavy atom. The fourth-order valence-corrected chi connectivity index (χ4v) is 3.40. The predicted octanol–water partition coefficient (Wildman–Crippen LogP) is 5.42. The van der Waals surface area contributed by atoms with E-state index in [9.17, 15) is 9.59 Å². The van der Waals surface area contributed by atoms with Gasteiger partial charge < -0.3 is 10.6 Å². The van der Waals surface area contributed by atoms with Gasteiger partial charge in [-0.3, -0.25) is 10.1 Å². The van der Waals surface area contributed by atoms with Crippen LogP contribution in [0.25, 0.3) is 0 Å². The Balaban J connectivity index is 1.64. The second-order valence-electron chi connectivity index (χ2n) is 5.84. The van der Waals surface area contributed by atoms with E-state index >= 15 is 0 Å². The van der Waals surface area contributed by atoms with E-state index in [4.69, 9.17) is 0 Å². The number of carbonyl (C=O) groups is 2. The molecular formula is C19H17BrN4O2S. The smallest absolute Gasteiger partial charge is 0.321 e. The van der Waals surface area contributed by atoms with Gasteiger partial charge in [0.1, 0.15) is 4.88 Å². The predicted molar refractivity (Wildman–Crippen MR) is 113 cm³/mol. The van der Waals surface area contributed by atoms with Gasteiger partial charge in [-0.05, 0) is 50.2 Å². The number of halogens is 1. The van der Waals surface area contributed by atoms with E-state index in [0.717, 1.165) is 21.4 Å². The van der Waals surface area contributed by atoms with Gasteiger partial charge in [0.05, 0.1) is 5.69 Å². The van der Waals surface area contributed by atoms with Gasteiger partial charge in [0.2, 0.25) is 0 Å². The second-order valence-corrected chi connectivity index (χ2v) is 7.75. The molecule has 0 aliphatic rings. The van der Waals surface area contributed by atoms with Crippen molar-refractivity contribution in [2.24, 2.45) is 0 Å². The molecule has 0 radical (unpaired) electrons. The molecule has 0 bridgehead atoms. The molecule has 3 amide bonds. The average Bonchev–Trinajstić information content (AvgIpc) is 2.99. The first kappa shape index (κ1) is 19.1. The van der Waals surface area contributed by atoms with E-state index in [0.29, 0.717) is 27.1 Å². The number of aryl methyl sites for hydroxylation is 2. The molecule has 0 atom stereocenters. The summed E-state index contributed by atoms with van der Waals surface area (Å²) in [5, 5.41) is 8.58. The minimum atomic E-state index is -0.410. The van der Waals surface area contributed by atoms with Crippen LogP contribution >= 0.6 is 27.3 Å². The summed E-state index contributed by atoms with van der Waals surface area (Å²) < 4.78 is 0.931. The van der Waals surface area contributed by atoms with Crippen molar-refractivity contribution < 1.29 is 9.59 Å². The molecule has 1 heterocycles. The fourth-order valence-electron chi connectivity index (χ4n) is 2.28. The normalized spacial score (nSPS) is 10.3. The highest BCUT2D eigenvalue weighted by molar-refractivity contribution is 9.10. The summed E-state index contributed by atoms with van der Waals surface area (Å²) in [5.74, 6) is -0.265. The minimum absolute atomic E-state index is 0.265. The molecule has 0 unspecified atom stereocenters. The number of hydrogen-bond acceptors (Lipinski definition) is 4. The summed E-state index contributed by atoms with van der Waals surface area (Å²) >= 11 is 4.48. The van der Waals surface area contributed by atoms with Crippen molar-refractivity contribution in [3.05, 3.63) is 69.1 Å². The van der Waals surface area contributed by atoms with Crippen molar-refractivity contribution in [3.8, 4) is 0 Å². The van der Waals surface area contributed by atoms with Crippen LogP contribution in [0.15, 0.2) is 53.0 Å². The molecule has 0 saturated carbocycles. The molecule has 138 valence electrons. The zero-order valence-electron chi connectivity index (χ0n) is 14.7. The van der Waals surface area contributed by atoms with Crippen LogP contribution in [-0.2, 0) is 0 Å². The molecule has 0 spiro atoms. The average molecular weight is 445 g/mol. The van der Waals surface area contributed by atoms with Gasteiger partial charge in [-0.25, -0.2) is 9.78 Å². The number of nitrogens with zero attached hydrogens (tertiary/aromatic N) is 1. The molecule has 6 nitrogen and oxygen atoms in total. The minimum Gasteiger partial charge on any atom is -0.321 e. The van der Waals surface area contributed by atoms with E-state index in [1.165, 1.54) is 0 Å². The Labute approximate surface area is 169 Å². The lowest BCUT2D eigenvalue weighted by Gasteiger charge is -2.05. The number of hydrogen-bond donors (Lipinski definition) is 3. The van der Waals surface area contributed by atoms with Crippen molar-refractivity contribution in [2.75, 3.05) is 16.0 Å². The van der Waals surface area contributed by atoms with Crippen LogP contribution in [0.4, 0.5) is 21.3 Å². The summed E-state index contributed by atoms with van der Waals surface area (Å²) in [5.41, 5.74) is 3.03. The Morgan fingerprint density at radius 1 is 0.889 bits per heavy atom. The maximum atomic E-state index is 12.5. The number of urea groups is 1. The molecule has 0 saturated heterocycles. The Hall–Kier alpha value is -2.71. The topological polar surface area (TPSA) is 83.1 Å². The maximum Gasteiger partial charge on any atom is 0.325 e. The molecule has 3 rings (SSSR count). The van der Waals surface area contributed by atoms with E-state index in [-0.39, 0.29) is 5.91 Å². The molecule has 0 fully saturated rings. The van der Waals surface area contributed by atoms with Crippen molar-refractivity contribution in [3.63, 3.8) is 0 Å². The molecular weight excluding hydrogens is 428 g/mol. The zero-order chi connectivity index (χ0) is 19.4. The van der Waals surface area contributed by atoms with Crippen LogP contribution in [0.5, 0.6) is 0 Å². The summed E-state index contributed by atoms with van der Waals surface area (Å²) in [6.45, 7) is 3.71. The first-order valence-corrected chi connectivity index (χ1v) is 9.70. The summed E-state index contributed by atoms with van der Waals surface area (Å²) in [4.78, 5) is 29.3. The molecule has 1 aromatic heterocycles. The van der Waals surface area contributed by atoms with Gasteiger partial charge in [-0.1, -0.05) is 45.0 Å². The standard InChI is InChI=1S/C19H17BrN4O2S/c1-11-3-7-15(8-4-11)23-18(26)24-19-21-12(2)16(27-19)17(25)22-14-9-5-13(20)6-10-14/h3-10H,1-2H3,(H,22,25)(H2,21,23,24,26). The number of aromatic nitrogens is 1. The van der Waals surface area contributed by atoms with Crippen LogP contribution in [0.1, 0.15) is 20.9 Å². The molecule has 2 aromatic carbocycles. The van der Waals surface area contributed by atoms with Crippen molar-refractivity contribution in [2.45, 2.75) is 13.8 Å². The summed E-state index contributed by atoms with van der Waals surface area (Å²) in [6, 6.07) is 14.3. The van der Waals surface area contributed by atoms with Gasteiger partial charge >= 0.3 is 6.03 Å². The second kappa shape index (κ2) is 8.32. The number of thiazole rings is 1. The summed E-state index contributed by atoms with van der Waals surface area (Å²) in [6.07, 6.45) is 0. The van der Waals surface area contributed by atoms with E-state index in [1.807, 2.05) is 43.3 Å². The quantitative estimate of drug-likeness (QED) is 0.502. The third-order valence-corrected chi connectivity index (χ3v) is 5.24. The van der Waals surface area contributed by atoms with Crippen molar-refractivity contribution in [1.29, 1.82) is 0 Å². The number of carbonyl (C=O) groups excluding carboxylic acids is 2. The first-order valence-electron chi connectivity index (χ1n) is 8.10. The van der Waals surface area contributed by atoms with E-state index < -0.39 is 6.03 Å². The number of rotatable bonds is 4. The van der Waals surface area contributed by atoms with Gasteiger partial charge in [-0.15, -0.1) is 0 Å². The molecule has 27 heavy (non-hydrogen) atoms. The zero-order valence-corrected chi connectivity index (χ0v) is 17.1. The van der Waals surface area contributed by atoms with Crippen molar-refractivity contribution >= 4 is 55.7 Å². The van der Waals surface area contributed by atoms with Gasteiger partial charge in [-0.2, -0.15) is 0 Å². The Bertz CT molecular complexity index is 968. The Kier molecular flexibility index (Phi) is 5.88. The fraction of sp³-hybridized carbons (Fsp3) is 0.105. The molecule has 8 heteroatoms. The maximum absolute atomic E-state index is 12.5. The first-order chi connectivity index (χ1) is 12.9. The molecule has 0 aliphatic heterocycles. The lowest BCUT2D eigenvalue weighted by atomic mass is 10.2. The van der Waals surface area contributed by atoms with Gasteiger partial charge in [0.15, 0.2) is 5.13 Å². The third kappa shape index (κ3) is 5.15. The van der Waals surface area contributed by atoms with Crippen LogP contribution in [0, 0.1) is 13.8 Å². The Morgan fingerprint density at radius 3 is 2.15 bits per heavy atom. The van der Waals surface area contributed by atoms with Crippen molar-refractivity contribution in [1.82, 2.24) is 4.98 Å². The van der Waals surface area contributed by atoms with Crippen LogP contribution in [0.3, 0.4) is 0 Å². The third-order valence-electron chi connectivity index (χ3n) is 3.63. The van der Waals surface area contributed by atoms with E-state index in [2.05, 4.69) is 36.9 Å². The lowest BCUT2D eigenvalue weighted by Crippen LogP contribution is -2.19. The highest BCUT2D eigenvalue weighted by Crippen LogP contribution is 2.24. The molecule has 0 aliphatic carbocycles. The van der Waals surface area contributed by atoms with Crippen LogP contribution in [0.2, 0.25) is 0 Å². The molecule has 3 N–H and O–H groups in total. The van der Waals surface area contributed by atoms with Gasteiger partial charge in [0.25, 0.3) is 5.91 Å². The van der Waals surface area contributed by atoms with Crippen LogP contribution < -0.4 is 16.0 Å². The van der Waals surface area contributed by atoms with Gasteiger partial charge in [0, 0.05) is 15.8 Å². The number of benzene rings is 2. The number of amides is 3. The number of nitrogens with one attached hydrogen (secondary N) is 3.